The minimum absolute atomic E-state index is 0.1000. The molecule has 0 spiro atoms. The van der Waals surface area contributed by atoms with Crippen molar-refractivity contribution in [2.45, 2.75) is 24.4 Å². The summed E-state index contributed by atoms with van der Waals surface area (Å²) in [5, 5.41) is 0. The molecule has 0 amide bonds. The summed E-state index contributed by atoms with van der Waals surface area (Å²) in [5.74, 6) is -4.84. The number of hydrogen-bond donors (Lipinski definition) is 1. The van der Waals surface area contributed by atoms with Crippen molar-refractivity contribution >= 4 is 11.1 Å². The third kappa shape index (κ3) is 2.57. The number of oxazole rings is 1. The third-order valence-electron chi connectivity index (χ3n) is 4.02. The van der Waals surface area contributed by atoms with Gasteiger partial charge in [-0.05, 0) is 12.1 Å². The van der Waals surface area contributed by atoms with E-state index in [2.05, 4.69) is 9.97 Å². The molecule has 0 saturated heterocycles. The van der Waals surface area contributed by atoms with Crippen LogP contribution in [0.2, 0.25) is 0 Å². The second-order valence-electron chi connectivity index (χ2n) is 5.72. The van der Waals surface area contributed by atoms with E-state index in [1.807, 2.05) is 4.98 Å². The van der Waals surface area contributed by atoms with Crippen molar-refractivity contribution in [1.29, 1.82) is 0 Å². The van der Waals surface area contributed by atoms with Gasteiger partial charge in [0.15, 0.2) is 5.58 Å². The summed E-state index contributed by atoms with van der Waals surface area (Å²) in [5.41, 5.74) is -1.57. The van der Waals surface area contributed by atoms with E-state index in [1.54, 1.807) is 0 Å². The Bertz CT molecular complexity index is 1020. The molecule has 1 atom stereocenters. The molecule has 1 aliphatic carbocycles. The molecule has 2 aromatic heterocycles. The molecular formula is C15H8F5N3O2. The summed E-state index contributed by atoms with van der Waals surface area (Å²) in [6.07, 6.45) is -2.68. The van der Waals surface area contributed by atoms with Gasteiger partial charge in [0.25, 0.3) is 5.92 Å². The van der Waals surface area contributed by atoms with Gasteiger partial charge in [-0.2, -0.15) is 13.2 Å². The molecule has 2 heterocycles. The molecule has 5 nitrogen and oxygen atoms in total. The van der Waals surface area contributed by atoms with E-state index in [9.17, 15) is 26.7 Å². The Morgan fingerprint density at radius 1 is 1.20 bits per heavy atom. The molecule has 10 heteroatoms. The van der Waals surface area contributed by atoms with E-state index in [0.717, 1.165) is 18.3 Å². The topological polar surface area (TPSA) is 71.8 Å². The van der Waals surface area contributed by atoms with Gasteiger partial charge in [0.2, 0.25) is 0 Å². The minimum Gasteiger partial charge on any atom is -0.407 e. The summed E-state index contributed by atoms with van der Waals surface area (Å²) >= 11 is 0. The molecule has 1 aromatic carbocycles. The number of hydrogen-bond acceptors (Lipinski definition) is 4. The molecule has 25 heavy (non-hydrogen) atoms. The molecular weight excluding hydrogens is 349 g/mol. The normalized spacial score (nSPS) is 19.3. The minimum atomic E-state index is -4.68. The Labute approximate surface area is 135 Å². The predicted octanol–water partition coefficient (Wildman–Crippen LogP) is 3.72. The highest BCUT2D eigenvalue weighted by molar-refractivity contribution is 5.91. The Morgan fingerprint density at radius 2 is 1.92 bits per heavy atom. The van der Waals surface area contributed by atoms with Gasteiger partial charge in [0, 0.05) is 18.2 Å². The second-order valence-corrected chi connectivity index (χ2v) is 5.72. The van der Waals surface area contributed by atoms with Crippen molar-refractivity contribution < 1.29 is 26.4 Å². The maximum atomic E-state index is 13.0. The molecule has 1 unspecified atom stereocenters. The van der Waals surface area contributed by atoms with Crippen LogP contribution in [0.3, 0.4) is 0 Å². The Morgan fingerprint density at radius 3 is 2.48 bits per heavy atom. The van der Waals surface area contributed by atoms with E-state index in [-0.39, 0.29) is 29.0 Å². The summed E-state index contributed by atoms with van der Waals surface area (Å²) < 4.78 is 70.0. The zero-order chi connectivity index (χ0) is 18.0. The van der Waals surface area contributed by atoms with Crippen molar-refractivity contribution in [3.05, 3.63) is 46.3 Å². The quantitative estimate of drug-likeness (QED) is 0.710. The standard InChI is InChI=1S/C15H8F5N3O2/c16-14(17)3-8(14)10-5-21-9(4-22-10)6-1-2-7(15(18,19)20)11-12(6)25-13(24)23-11/h1-2,4-5,8H,3H2,(H,23,24). The van der Waals surface area contributed by atoms with E-state index >= 15 is 0 Å². The largest absolute Gasteiger partial charge is 0.418 e. The molecule has 1 fully saturated rings. The number of nitrogens with one attached hydrogen (secondary N) is 1. The van der Waals surface area contributed by atoms with Crippen molar-refractivity contribution in [2.24, 2.45) is 0 Å². The van der Waals surface area contributed by atoms with Crippen LogP contribution in [0.1, 0.15) is 23.6 Å². The maximum absolute atomic E-state index is 13.0. The van der Waals surface area contributed by atoms with E-state index in [1.165, 1.54) is 6.20 Å². The molecule has 4 rings (SSSR count). The highest BCUT2D eigenvalue weighted by atomic mass is 19.4. The fraction of sp³-hybridized carbons (Fsp3) is 0.267. The zero-order valence-corrected chi connectivity index (χ0v) is 12.2. The first-order valence-corrected chi connectivity index (χ1v) is 7.10. The number of fused-ring (bicyclic) bond motifs is 1. The highest BCUT2D eigenvalue weighted by Crippen LogP contribution is 2.55. The van der Waals surface area contributed by atoms with E-state index < -0.39 is 34.9 Å². The van der Waals surface area contributed by atoms with Crippen molar-refractivity contribution in [3.8, 4) is 11.3 Å². The molecule has 0 radical (unpaired) electrons. The smallest absolute Gasteiger partial charge is 0.407 e. The number of H-pyrrole nitrogens is 1. The number of rotatable bonds is 2. The van der Waals surface area contributed by atoms with Gasteiger partial charge in [0.05, 0.1) is 29.1 Å². The van der Waals surface area contributed by atoms with Crippen LogP contribution in [0.25, 0.3) is 22.4 Å². The van der Waals surface area contributed by atoms with E-state index in [0.29, 0.717) is 0 Å². The maximum Gasteiger partial charge on any atom is 0.418 e. The second kappa shape index (κ2) is 4.87. The molecule has 3 aromatic rings. The number of alkyl halides is 5. The van der Waals surface area contributed by atoms with Crippen LogP contribution in [0.5, 0.6) is 0 Å². The zero-order valence-electron chi connectivity index (χ0n) is 12.2. The number of benzene rings is 1. The summed E-state index contributed by atoms with van der Waals surface area (Å²) in [4.78, 5) is 21.2. The van der Waals surface area contributed by atoms with Crippen molar-refractivity contribution in [1.82, 2.24) is 15.0 Å². The highest BCUT2D eigenvalue weighted by Gasteiger charge is 2.58. The van der Waals surface area contributed by atoms with Gasteiger partial charge < -0.3 is 4.42 Å². The Balaban J connectivity index is 1.81. The van der Waals surface area contributed by atoms with Gasteiger partial charge in [-0.25, -0.2) is 13.6 Å². The van der Waals surface area contributed by atoms with Gasteiger partial charge in [-0.15, -0.1) is 0 Å². The molecule has 1 aliphatic rings. The Kier molecular flexibility index (Phi) is 3.06. The van der Waals surface area contributed by atoms with Crippen LogP contribution in [-0.4, -0.2) is 20.9 Å². The lowest BCUT2D eigenvalue weighted by Crippen LogP contribution is -2.06. The first-order chi connectivity index (χ1) is 11.7. The number of halogens is 5. The van der Waals surface area contributed by atoms with Gasteiger partial charge >= 0.3 is 11.9 Å². The van der Waals surface area contributed by atoms with Gasteiger partial charge in [0.1, 0.15) is 5.52 Å². The molecule has 0 bridgehead atoms. The fourth-order valence-corrected chi connectivity index (χ4v) is 2.66. The van der Waals surface area contributed by atoms with Crippen LogP contribution < -0.4 is 5.76 Å². The summed E-state index contributed by atoms with van der Waals surface area (Å²) in [7, 11) is 0. The summed E-state index contributed by atoms with van der Waals surface area (Å²) in [6.45, 7) is 0. The lowest BCUT2D eigenvalue weighted by molar-refractivity contribution is -0.136. The van der Waals surface area contributed by atoms with Gasteiger partial charge in [-0.1, -0.05) is 0 Å². The van der Waals surface area contributed by atoms with E-state index in [4.69, 9.17) is 4.42 Å². The van der Waals surface area contributed by atoms with Crippen LogP contribution in [-0.2, 0) is 6.18 Å². The number of aromatic nitrogens is 3. The molecule has 1 saturated carbocycles. The molecule has 130 valence electrons. The SMILES string of the molecule is O=c1[nH]c2c(C(F)(F)F)ccc(-c3cnc(C4CC4(F)F)cn3)c2o1. The van der Waals surface area contributed by atoms with Crippen molar-refractivity contribution in [2.75, 3.05) is 0 Å². The van der Waals surface area contributed by atoms with Crippen LogP contribution >= 0.6 is 0 Å². The molecule has 0 aliphatic heterocycles. The van der Waals surface area contributed by atoms with Crippen LogP contribution in [0, 0.1) is 0 Å². The first-order valence-electron chi connectivity index (χ1n) is 7.10. The monoisotopic (exact) mass is 357 g/mol. The number of aromatic amines is 1. The fourth-order valence-electron chi connectivity index (χ4n) is 2.66. The lowest BCUT2D eigenvalue weighted by atomic mass is 10.1. The lowest BCUT2D eigenvalue weighted by Gasteiger charge is -2.09. The van der Waals surface area contributed by atoms with Gasteiger partial charge in [-0.3, -0.25) is 15.0 Å². The average Bonchev–Trinajstić information content (AvgIpc) is 2.98. The van der Waals surface area contributed by atoms with Crippen LogP contribution in [0.15, 0.2) is 33.7 Å². The average molecular weight is 357 g/mol. The Hall–Kier alpha value is -2.78. The van der Waals surface area contributed by atoms with Crippen molar-refractivity contribution in [3.63, 3.8) is 0 Å². The predicted molar refractivity (Wildman–Crippen MR) is 75.2 cm³/mol. The third-order valence-corrected chi connectivity index (χ3v) is 4.02. The molecule has 1 N–H and O–H groups in total. The number of nitrogens with zero attached hydrogens (tertiary/aromatic N) is 2. The first kappa shape index (κ1) is 15.7. The summed E-state index contributed by atoms with van der Waals surface area (Å²) in [6, 6.07) is 1.88. The van der Waals surface area contributed by atoms with Crippen LogP contribution in [0.4, 0.5) is 22.0 Å².